The molecule has 0 saturated carbocycles. The molecule has 0 spiro atoms. The summed E-state index contributed by atoms with van der Waals surface area (Å²) in [7, 11) is 0. The van der Waals surface area contributed by atoms with Crippen LogP contribution in [0.15, 0.2) is 60.9 Å². The summed E-state index contributed by atoms with van der Waals surface area (Å²) < 4.78 is 0. The van der Waals surface area contributed by atoms with Crippen molar-refractivity contribution in [3.63, 3.8) is 0 Å². The summed E-state index contributed by atoms with van der Waals surface area (Å²) in [4.78, 5) is 24.3. The molecule has 1 aliphatic heterocycles. The zero-order valence-electron chi connectivity index (χ0n) is 19.5. The van der Waals surface area contributed by atoms with Gasteiger partial charge in [-0.1, -0.05) is 12.1 Å². The van der Waals surface area contributed by atoms with Crippen molar-refractivity contribution in [1.82, 2.24) is 19.8 Å². The van der Waals surface area contributed by atoms with Crippen molar-refractivity contribution in [3.05, 3.63) is 66.5 Å². The van der Waals surface area contributed by atoms with Gasteiger partial charge in [-0.15, -0.1) is 0 Å². The highest BCUT2D eigenvalue weighted by Gasteiger charge is 2.16. The molecule has 4 N–H and O–H groups in total. The van der Waals surface area contributed by atoms with Gasteiger partial charge in [0.2, 0.25) is 0 Å². The molecular weight excluding hydrogens is 426 g/mol. The van der Waals surface area contributed by atoms with Gasteiger partial charge < -0.3 is 21.2 Å². The summed E-state index contributed by atoms with van der Waals surface area (Å²) in [6.45, 7) is 6.75. The molecule has 8 heteroatoms. The van der Waals surface area contributed by atoms with Crippen molar-refractivity contribution in [1.29, 1.82) is 0 Å². The quantitative estimate of drug-likeness (QED) is 0.297. The Hall–Kier alpha value is -3.33. The third-order valence-electron chi connectivity index (χ3n) is 5.95. The van der Waals surface area contributed by atoms with Gasteiger partial charge in [-0.3, -0.25) is 9.80 Å². The zero-order chi connectivity index (χ0) is 23.6. The van der Waals surface area contributed by atoms with Gasteiger partial charge in [0, 0.05) is 62.9 Å². The van der Waals surface area contributed by atoms with Crippen LogP contribution in [0, 0.1) is 0 Å². The molecule has 1 aliphatic rings. The van der Waals surface area contributed by atoms with Gasteiger partial charge in [0.1, 0.15) is 17.9 Å². The highest BCUT2D eigenvalue weighted by atomic mass is 16.1. The first-order valence-electron chi connectivity index (χ1n) is 11.8. The summed E-state index contributed by atoms with van der Waals surface area (Å²) in [5, 5.41) is 6.71. The van der Waals surface area contributed by atoms with E-state index < -0.39 is 0 Å². The van der Waals surface area contributed by atoms with Crippen molar-refractivity contribution >= 4 is 23.6 Å². The molecule has 3 aromatic rings. The average Bonchev–Trinajstić information content (AvgIpc) is 2.86. The largest absolute Gasteiger partial charge is 0.370 e. The van der Waals surface area contributed by atoms with Crippen LogP contribution < -0.4 is 16.4 Å². The lowest BCUT2D eigenvalue weighted by Crippen LogP contribution is -2.46. The number of carbonyl (C=O) groups is 1. The average molecular weight is 460 g/mol. The number of nitrogens with zero attached hydrogens (tertiary/aromatic N) is 4. The summed E-state index contributed by atoms with van der Waals surface area (Å²) >= 11 is 0. The number of aromatic nitrogens is 2. The number of hydrogen-bond donors (Lipinski definition) is 3. The molecule has 0 aliphatic carbocycles. The fraction of sp³-hybridized carbons (Fsp3) is 0.346. The van der Waals surface area contributed by atoms with Gasteiger partial charge in [0.15, 0.2) is 0 Å². The van der Waals surface area contributed by atoms with Crippen molar-refractivity contribution in [2.24, 2.45) is 5.73 Å². The monoisotopic (exact) mass is 459 g/mol. The van der Waals surface area contributed by atoms with Crippen LogP contribution in [0.1, 0.15) is 12.0 Å². The summed E-state index contributed by atoms with van der Waals surface area (Å²) in [5.41, 5.74) is 9.91. The Morgan fingerprint density at radius 2 is 1.79 bits per heavy atom. The van der Waals surface area contributed by atoms with Gasteiger partial charge in [-0.25, -0.2) is 9.97 Å². The number of nitrogens with one attached hydrogen (secondary N) is 2. The summed E-state index contributed by atoms with van der Waals surface area (Å²) in [6, 6.07) is 16.5. The highest BCUT2D eigenvalue weighted by molar-refractivity contribution is 5.68. The van der Waals surface area contributed by atoms with Gasteiger partial charge in [0.25, 0.3) is 0 Å². The summed E-state index contributed by atoms with van der Waals surface area (Å²) in [6.07, 6.45) is 5.59. The lowest BCUT2D eigenvalue weighted by atomic mass is 10.1. The Bertz CT molecular complexity index is 1050. The third-order valence-corrected chi connectivity index (χ3v) is 5.95. The number of aldehydes is 1. The first-order valence-corrected chi connectivity index (χ1v) is 11.8. The lowest BCUT2D eigenvalue weighted by molar-refractivity contribution is -0.109. The number of rotatable bonds is 11. The molecule has 0 radical (unpaired) electrons. The molecule has 0 atom stereocenters. The van der Waals surface area contributed by atoms with E-state index in [0.717, 1.165) is 80.4 Å². The maximum Gasteiger partial charge on any atom is 0.133 e. The van der Waals surface area contributed by atoms with E-state index in [1.54, 1.807) is 0 Å². The molecule has 178 valence electrons. The maximum absolute atomic E-state index is 10.7. The first-order chi connectivity index (χ1) is 16.7. The van der Waals surface area contributed by atoms with E-state index in [1.807, 2.05) is 30.6 Å². The minimum Gasteiger partial charge on any atom is -0.370 e. The number of carbonyl (C=O) groups excluding carboxylic acids is 1. The van der Waals surface area contributed by atoms with Crippen LogP contribution in [0.25, 0.3) is 11.1 Å². The fourth-order valence-electron chi connectivity index (χ4n) is 4.06. The van der Waals surface area contributed by atoms with E-state index in [0.29, 0.717) is 13.1 Å². The molecule has 34 heavy (non-hydrogen) atoms. The van der Waals surface area contributed by atoms with Crippen molar-refractivity contribution < 1.29 is 4.79 Å². The summed E-state index contributed by atoms with van der Waals surface area (Å²) in [5.74, 6) is 1.65. The van der Waals surface area contributed by atoms with Crippen LogP contribution in [0.2, 0.25) is 0 Å². The molecule has 4 rings (SSSR count). The Labute approximate surface area is 201 Å². The second kappa shape index (κ2) is 12.2. The maximum atomic E-state index is 10.7. The van der Waals surface area contributed by atoms with Gasteiger partial charge in [-0.05, 0) is 60.5 Å². The molecule has 0 bridgehead atoms. The Balaban J connectivity index is 1.36. The first kappa shape index (κ1) is 23.8. The van der Waals surface area contributed by atoms with E-state index in [9.17, 15) is 4.79 Å². The smallest absolute Gasteiger partial charge is 0.133 e. The standard InChI is InChI=1S/C26H33N7O/c27-8-2-9-28-25-6-5-23(19-30-25)22-7-10-29-26(18-22)31-24-4-1-3-21(17-24)20-33-13-11-32(12-14-33)15-16-34/h1,3-7,10,16-19H,2,8-9,11-15,20,27H2,(H,28,30)(H,29,31). The number of nitrogens with two attached hydrogens (primary N) is 1. The molecule has 8 nitrogen and oxygen atoms in total. The van der Waals surface area contributed by atoms with Crippen molar-refractivity contribution in [2.75, 3.05) is 56.4 Å². The number of benzene rings is 1. The topological polar surface area (TPSA) is 99.4 Å². The zero-order valence-corrected chi connectivity index (χ0v) is 19.5. The van der Waals surface area contributed by atoms with E-state index in [4.69, 9.17) is 5.73 Å². The number of pyridine rings is 2. The third kappa shape index (κ3) is 6.84. The Morgan fingerprint density at radius 1 is 0.941 bits per heavy atom. The SMILES string of the molecule is NCCCNc1ccc(-c2ccnc(Nc3cccc(CN4CCN(CC=O)CC4)c3)c2)cn1. The van der Waals surface area contributed by atoms with Gasteiger partial charge in [-0.2, -0.15) is 0 Å². The molecule has 1 saturated heterocycles. The molecule has 2 aromatic heterocycles. The Kier molecular flexibility index (Phi) is 8.56. The normalized spacial score (nSPS) is 14.6. The van der Waals surface area contributed by atoms with Crippen molar-refractivity contribution in [3.8, 4) is 11.1 Å². The fourth-order valence-corrected chi connectivity index (χ4v) is 4.06. The molecule has 3 heterocycles. The van der Waals surface area contributed by atoms with E-state index in [1.165, 1.54) is 5.56 Å². The van der Waals surface area contributed by atoms with Gasteiger partial charge in [0.05, 0.1) is 6.54 Å². The second-order valence-corrected chi connectivity index (χ2v) is 8.50. The van der Waals surface area contributed by atoms with Gasteiger partial charge >= 0.3 is 0 Å². The van der Waals surface area contributed by atoms with Crippen LogP contribution in [-0.4, -0.2) is 71.9 Å². The molecule has 1 fully saturated rings. The molecule has 0 amide bonds. The predicted octanol–water partition coefficient (Wildman–Crippen LogP) is 2.96. The lowest BCUT2D eigenvalue weighted by Gasteiger charge is -2.33. The van der Waals surface area contributed by atoms with Crippen LogP contribution in [0.4, 0.5) is 17.3 Å². The van der Waals surface area contributed by atoms with Crippen LogP contribution >= 0.6 is 0 Å². The van der Waals surface area contributed by atoms with Crippen LogP contribution in [0.3, 0.4) is 0 Å². The number of anilines is 3. The number of hydrogen-bond acceptors (Lipinski definition) is 8. The number of piperazine rings is 1. The highest BCUT2D eigenvalue weighted by Crippen LogP contribution is 2.24. The molecular formula is C26H33N7O. The second-order valence-electron chi connectivity index (χ2n) is 8.50. The minimum atomic E-state index is 0.533. The van der Waals surface area contributed by atoms with E-state index in [-0.39, 0.29) is 0 Å². The van der Waals surface area contributed by atoms with Crippen molar-refractivity contribution in [2.45, 2.75) is 13.0 Å². The van der Waals surface area contributed by atoms with Crippen LogP contribution in [-0.2, 0) is 11.3 Å². The Morgan fingerprint density at radius 3 is 2.56 bits per heavy atom. The predicted molar refractivity (Wildman–Crippen MR) is 137 cm³/mol. The van der Waals surface area contributed by atoms with E-state index >= 15 is 0 Å². The van der Waals surface area contributed by atoms with E-state index in [2.05, 4.69) is 60.7 Å². The molecule has 0 unspecified atom stereocenters. The minimum absolute atomic E-state index is 0.533. The molecule has 1 aromatic carbocycles. The van der Waals surface area contributed by atoms with Crippen LogP contribution in [0.5, 0.6) is 0 Å².